The third-order valence-corrected chi connectivity index (χ3v) is 8.67. The third-order valence-electron chi connectivity index (χ3n) is 6.92. The summed E-state index contributed by atoms with van der Waals surface area (Å²) in [5.41, 5.74) is 1.25. The molecule has 2 aliphatic heterocycles. The molecule has 1 aromatic rings. The Morgan fingerprint density at radius 3 is 2.24 bits per heavy atom. The standard InChI is InChI=1S/C22H32N2O4S/c25-21-7-5-17(6-8-21)18-9-12-23(13-10-18)15-22(26)24(19-3-1-2-4-19)20-11-14-29(27,28)16-20/h5-8,18-20,25H,1-4,9-16H2. The summed E-state index contributed by atoms with van der Waals surface area (Å²) in [7, 11) is -3.00. The van der Waals surface area contributed by atoms with Gasteiger partial charge in [-0.05, 0) is 68.8 Å². The summed E-state index contributed by atoms with van der Waals surface area (Å²) >= 11 is 0. The SMILES string of the molecule is O=C(CN1CCC(c2ccc(O)cc2)CC1)N(C1CCCC1)C1CCS(=O)(=O)C1. The summed E-state index contributed by atoms with van der Waals surface area (Å²) < 4.78 is 24.0. The zero-order valence-corrected chi connectivity index (χ0v) is 17.8. The number of hydrogen-bond acceptors (Lipinski definition) is 5. The fraction of sp³-hybridized carbons (Fsp3) is 0.682. The van der Waals surface area contributed by atoms with E-state index in [4.69, 9.17) is 0 Å². The number of amides is 1. The minimum atomic E-state index is -3.00. The number of benzene rings is 1. The van der Waals surface area contributed by atoms with Crippen LogP contribution in [0.1, 0.15) is 56.4 Å². The van der Waals surface area contributed by atoms with Gasteiger partial charge in [-0.1, -0.05) is 25.0 Å². The first-order valence-corrected chi connectivity index (χ1v) is 12.8. The lowest BCUT2D eigenvalue weighted by atomic mass is 9.89. The van der Waals surface area contributed by atoms with Crippen molar-refractivity contribution >= 4 is 15.7 Å². The molecule has 0 aromatic heterocycles. The second-order valence-corrected chi connectivity index (χ2v) is 11.2. The lowest BCUT2D eigenvalue weighted by Gasteiger charge is -2.37. The number of aromatic hydroxyl groups is 1. The van der Waals surface area contributed by atoms with Gasteiger partial charge in [-0.15, -0.1) is 0 Å². The van der Waals surface area contributed by atoms with E-state index in [2.05, 4.69) is 4.90 Å². The molecule has 0 bridgehead atoms. The maximum absolute atomic E-state index is 13.2. The predicted molar refractivity (Wildman–Crippen MR) is 113 cm³/mol. The van der Waals surface area contributed by atoms with Crippen molar-refractivity contribution in [3.8, 4) is 5.75 Å². The van der Waals surface area contributed by atoms with Crippen molar-refractivity contribution in [1.82, 2.24) is 9.80 Å². The zero-order chi connectivity index (χ0) is 20.4. The molecular formula is C22H32N2O4S. The molecule has 1 amide bonds. The number of hydrogen-bond donors (Lipinski definition) is 1. The van der Waals surface area contributed by atoms with Crippen LogP contribution in [0.25, 0.3) is 0 Å². The molecule has 29 heavy (non-hydrogen) atoms. The van der Waals surface area contributed by atoms with E-state index in [0.717, 1.165) is 51.6 Å². The van der Waals surface area contributed by atoms with Gasteiger partial charge in [0.25, 0.3) is 0 Å². The van der Waals surface area contributed by atoms with Crippen LogP contribution < -0.4 is 0 Å². The second kappa shape index (κ2) is 8.64. The Balaban J connectivity index is 1.36. The van der Waals surface area contributed by atoms with E-state index in [0.29, 0.717) is 18.9 Å². The molecule has 1 saturated carbocycles. The minimum Gasteiger partial charge on any atom is -0.508 e. The average Bonchev–Trinajstić information content (AvgIpc) is 3.33. The van der Waals surface area contributed by atoms with Crippen LogP contribution >= 0.6 is 0 Å². The van der Waals surface area contributed by atoms with Crippen molar-refractivity contribution in [3.63, 3.8) is 0 Å². The largest absolute Gasteiger partial charge is 0.508 e. The van der Waals surface area contributed by atoms with Crippen LogP contribution in [0.3, 0.4) is 0 Å². The maximum Gasteiger partial charge on any atom is 0.237 e. The van der Waals surface area contributed by atoms with Gasteiger partial charge in [-0.3, -0.25) is 9.69 Å². The molecule has 1 N–H and O–H groups in total. The van der Waals surface area contributed by atoms with Crippen LogP contribution in [0, 0.1) is 0 Å². The molecule has 160 valence electrons. The number of phenols is 1. The van der Waals surface area contributed by atoms with Crippen LogP contribution in [0.15, 0.2) is 24.3 Å². The number of phenolic OH excluding ortho intramolecular Hbond substituents is 1. The van der Waals surface area contributed by atoms with Gasteiger partial charge in [0, 0.05) is 12.1 Å². The van der Waals surface area contributed by atoms with E-state index in [1.807, 2.05) is 17.0 Å². The number of nitrogens with zero attached hydrogens (tertiary/aromatic N) is 2. The van der Waals surface area contributed by atoms with E-state index < -0.39 is 9.84 Å². The van der Waals surface area contributed by atoms with Gasteiger partial charge >= 0.3 is 0 Å². The summed E-state index contributed by atoms with van der Waals surface area (Å²) in [5, 5.41) is 9.47. The van der Waals surface area contributed by atoms with Crippen molar-refractivity contribution < 1.29 is 18.3 Å². The maximum atomic E-state index is 13.2. The molecule has 4 rings (SSSR count). The smallest absolute Gasteiger partial charge is 0.237 e. The fourth-order valence-corrected chi connectivity index (χ4v) is 7.04. The molecule has 2 heterocycles. The first kappa shape index (κ1) is 20.7. The van der Waals surface area contributed by atoms with Gasteiger partial charge in [0.15, 0.2) is 9.84 Å². The summed E-state index contributed by atoms with van der Waals surface area (Å²) in [4.78, 5) is 17.4. The predicted octanol–water partition coefficient (Wildman–Crippen LogP) is 2.53. The normalized spacial score (nSPS) is 26.0. The monoisotopic (exact) mass is 420 g/mol. The highest BCUT2D eigenvalue weighted by Gasteiger charge is 2.39. The third kappa shape index (κ3) is 4.94. The topological polar surface area (TPSA) is 77.9 Å². The lowest BCUT2D eigenvalue weighted by Crippen LogP contribution is -2.51. The van der Waals surface area contributed by atoms with E-state index in [-0.39, 0.29) is 35.2 Å². The Morgan fingerprint density at radius 1 is 1.00 bits per heavy atom. The van der Waals surface area contributed by atoms with Gasteiger partial charge < -0.3 is 10.0 Å². The van der Waals surface area contributed by atoms with Crippen molar-refractivity contribution in [2.75, 3.05) is 31.1 Å². The van der Waals surface area contributed by atoms with Crippen LogP contribution in [0.2, 0.25) is 0 Å². The quantitative estimate of drug-likeness (QED) is 0.792. The molecule has 0 radical (unpaired) electrons. The number of piperidine rings is 1. The molecule has 3 aliphatic rings. The number of likely N-dealkylation sites (tertiary alicyclic amines) is 1. The van der Waals surface area contributed by atoms with E-state index in [1.165, 1.54) is 5.56 Å². The summed E-state index contributed by atoms with van der Waals surface area (Å²) in [6, 6.07) is 7.54. The lowest BCUT2D eigenvalue weighted by molar-refractivity contribution is -0.137. The summed E-state index contributed by atoms with van der Waals surface area (Å²) in [5.74, 6) is 1.22. The number of carbonyl (C=O) groups excluding carboxylic acids is 1. The number of rotatable bonds is 5. The second-order valence-electron chi connectivity index (χ2n) is 8.94. The Bertz CT molecular complexity index is 810. The van der Waals surface area contributed by atoms with Gasteiger partial charge in [0.2, 0.25) is 5.91 Å². The van der Waals surface area contributed by atoms with Crippen LogP contribution in [0.4, 0.5) is 0 Å². The molecule has 6 nitrogen and oxygen atoms in total. The highest BCUT2D eigenvalue weighted by Crippen LogP contribution is 2.31. The van der Waals surface area contributed by atoms with Crippen LogP contribution in [-0.2, 0) is 14.6 Å². The molecule has 1 atom stereocenters. The van der Waals surface area contributed by atoms with Gasteiger partial charge in [-0.25, -0.2) is 8.42 Å². The number of carbonyl (C=O) groups is 1. The van der Waals surface area contributed by atoms with Crippen molar-refractivity contribution in [1.29, 1.82) is 0 Å². The summed E-state index contributed by atoms with van der Waals surface area (Å²) in [6.07, 6.45) is 6.86. The van der Waals surface area contributed by atoms with E-state index >= 15 is 0 Å². The van der Waals surface area contributed by atoms with Crippen LogP contribution in [0.5, 0.6) is 5.75 Å². The van der Waals surface area contributed by atoms with Gasteiger partial charge in [0.1, 0.15) is 5.75 Å². The highest BCUT2D eigenvalue weighted by atomic mass is 32.2. The Morgan fingerprint density at radius 2 is 1.66 bits per heavy atom. The molecular weight excluding hydrogens is 388 g/mol. The van der Waals surface area contributed by atoms with Gasteiger partial charge in [-0.2, -0.15) is 0 Å². The molecule has 0 spiro atoms. The van der Waals surface area contributed by atoms with Crippen molar-refractivity contribution in [2.45, 2.75) is 62.9 Å². The zero-order valence-electron chi connectivity index (χ0n) is 17.0. The molecule has 3 fully saturated rings. The van der Waals surface area contributed by atoms with E-state index in [1.54, 1.807) is 12.1 Å². The Kier molecular flexibility index (Phi) is 6.16. The molecule has 1 unspecified atom stereocenters. The fourth-order valence-electron chi connectivity index (χ4n) is 5.33. The Hall–Kier alpha value is -1.60. The summed E-state index contributed by atoms with van der Waals surface area (Å²) in [6.45, 7) is 2.15. The average molecular weight is 421 g/mol. The first-order chi connectivity index (χ1) is 13.9. The van der Waals surface area contributed by atoms with Gasteiger partial charge in [0.05, 0.1) is 18.1 Å². The number of sulfone groups is 1. The molecule has 1 aliphatic carbocycles. The Labute approximate surface area is 173 Å². The highest BCUT2D eigenvalue weighted by molar-refractivity contribution is 7.91. The molecule has 2 saturated heterocycles. The van der Waals surface area contributed by atoms with E-state index in [9.17, 15) is 18.3 Å². The minimum absolute atomic E-state index is 0.113. The van der Waals surface area contributed by atoms with Crippen LogP contribution in [-0.4, -0.2) is 72.5 Å². The molecule has 1 aromatic carbocycles. The first-order valence-electron chi connectivity index (χ1n) is 10.9. The van der Waals surface area contributed by atoms with Crippen molar-refractivity contribution in [3.05, 3.63) is 29.8 Å². The molecule has 7 heteroatoms. The van der Waals surface area contributed by atoms with Crippen molar-refractivity contribution in [2.24, 2.45) is 0 Å².